The van der Waals surface area contributed by atoms with Crippen LogP contribution in [0.4, 0.5) is 0 Å². The van der Waals surface area contributed by atoms with E-state index in [0.717, 1.165) is 18.4 Å². The predicted octanol–water partition coefficient (Wildman–Crippen LogP) is 2.53. The van der Waals surface area contributed by atoms with Crippen molar-refractivity contribution in [3.8, 4) is 5.75 Å². The van der Waals surface area contributed by atoms with Crippen molar-refractivity contribution in [1.82, 2.24) is 5.32 Å². The molecule has 0 spiro atoms. The number of benzene rings is 1. The van der Waals surface area contributed by atoms with Gasteiger partial charge in [0.1, 0.15) is 5.75 Å². The molecular formula is C16H24N2O2. The molecule has 0 saturated heterocycles. The van der Waals surface area contributed by atoms with Gasteiger partial charge in [0, 0.05) is 12.1 Å². The molecule has 3 N–H and O–H groups in total. The summed E-state index contributed by atoms with van der Waals surface area (Å²) in [7, 11) is 0. The quantitative estimate of drug-likeness (QED) is 0.868. The minimum absolute atomic E-state index is 0.0328. The summed E-state index contributed by atoms with van der Waals surface area (Å²) in [5.74, 6) is 0.654. The standard InChI is InChI=1S/C16H24N2O2/c1-12(17)13-6-5-9-15(10-13)20-11-16(19)18-14-7-3-2-4-8-14/h5-6,9-10,12,14H,2-4,7-8,11,17H2,1H3,(H,18,19). The number of hydrogen-bond acceptors (Lipinski definition) is 3. The zero-order valence-electron chi connectivity index (χ0n) is 12.1. The Hall–Kier alpha value is -1.55. The Morgan fingerprint density at radius 3 is 2.85 bits per heavy atom. The predicted molar refractivity (Wildman–Crippen MR) is 79.6 cm³/mol. The van der Waals surface area contributed by atoms with Crippen LogP contribution in [0.2, 0.25) is 0 Å². The maximum absolute atomic E-state index is 11.8. The smallest absolute Gasteiger partial charge is 0.258 e. The zero-order valence-corrected chi connectivity index (χ0v) is 12.1. The molecule has 2 rings (SSSR count). The van der Waals surface area contributed by atoms with Crippen LogP contribution in [-0.4, -0.2) is 18.6 Å². The lowest BCUT2D eigenvalue weighted by Crippen LogP contribution is -2.38. The molecule has 0 heterocycles. The molecule has 0 aliphatic heterocycles. The monoisotopic (exact) mass is 276 g/mol. The summed E-state index contributed by atoms with van der Waals surface area (Å²) in [6.45, 7) is 1.99. The maximum atomic E-state index is 11.8. The molecule has 1 aromatic carbocycles. The first-order valence-electron chi connectivity index (χ1n) is 7.43. The summed E-state index contributed by atoms with van der Waals surface area (Å²) < 4.78 is 5.53. The number of rotatable bonds is 5. The highest BCUT2D eigenvalue weighted by Crippen LogP contribution is 2.18. The summed E-state index contributed by atoms with van der Waals surface area (Å²) in [6.07, 6.45) is 5.88. The SMILES string of the molecule is CC(N)c1cccc(OCC(=O)NC2CCCCC2)c1. The third-order valence-corrected chi connectivity index (χ3v) is 3.72. The number of amides is 1. The van der Waals surface area contributed by atoms with E-state index in [1.165, 1.54) is 19.3 Å². The summed E-state index contributed by atoms with van der Waals surface area (Å²) in [4.78, 5) is 11.8. The van der Waals surface area contributed by atoms with Crippen LogP contribution in [0, 0.1) is 0 Å². The van der Waals surface area contributed by atoms with Crippen molar-refractivity contribution in [2.75, 3.05) is 6.61 Å². The number of ether oxygens (including phenoxy) is 1. The molecule has 110 valence electrons. The molecule has 0 bridgehead atoms. The lowest BCUT2D eigenvalue weighted by Gasteiger charge is -2.22. The number of nitrogens with two attached hydrogens (primary N) is 1. The molecule has 20 heavy (non-hydrogen) atoms. The van der Waals surface area contributed by atoms with Crippen LogP contribution in [0.15, 0.2) is 24.3 Å². The summed E-state index contributed by atoms with van der Waals surface area (Å²) in [6, 6.07) is 7.88. The van der Waals surface area contributed by atoms with E-state index in [1.54, 1.807) is 0 Å². The van der Waals surface area contributed by atoms with Gasteiger partial charge in [0.05, 0.1) is 0 Å². The number of carbonyl (C=O) groups excluding carboxylic acids is 1. The molecule has 1 saturated carbocycles. The highest BCUT2D eigenvalue weighted by molar-refractivity contribution is 5.77. The molecule has 1 fully saturated rings. The average Bonchev–Trinajstić information content (AvgIpc) is 2.46. The van der Waals surface area contributed by atoms with E-state index in [4.69, 9.17) is 10.5 Å². The van der Waals surface area contributed by atoms with Gasteiger partial charge in [-0.3, -0.25) is 4.79 Å². The third-order valence-electron chi connectivity index (χ3n) is 3.72. The first-order valence-corrected chi connectivity index (χ1v) is 7.43. The first kappa shape index (κ1) is 14.9. The third kappa shape index (κ3) is 4.53. The van der Waals surface area contributed by atoms with E-state index >= 15 is 0 Å². The lowest BCUT2D eigenvalue weighted by atomic mass is 9.95. The molecule has 1 aromatic rings. The van der Waals surface area contributed by atoms with Crippen molar-refractivity contribution in [3.63, 3.8) is 0 Å². The van der Waals surface area contributed by atoms with Crippen LogP contribution >= 0.6 is 0 Å². The lowest BCUT2D eigenvalue weighted by molar-refractivity contribution is -0.124. The molecule has 1 unspecified atom stereocenters. The highest BCUT2D eigenvalue weighted by Gasteiger charge is 2.15. The second-order valence-corrected chi connectivity index (χ2v) is 5.55. The van der Waals surface area contributed by atoms with Crippen LogP contribution in [0.25, 0.3) is 0 Å². The Bertz CT molecular complexity index is 440. The van der Waals surface area contributed by atoms with Crippen molar-refractivity contribution >= 4 is 5.91 Å². The second-order valence-electron chi connectivity index (χ2n) is 5.55. The van der Waals surface area contributed by atoms with Crippen LogP contribution in [-0.2, 0) is 4.79 Å². The average molecular weight is 276 g/mol. The van der Waals surface area contributed by atoms with E-state index in [1.807, 2.05) is 31.2 Å². The number of carbonyl (C=O) groups is 1. The molecule has 0 radical (unpaired) electrons. The molecule has 4 nitrogen and oxygen atoms in total. The Balaban J connectivity index is 1.79. The van der Waals surface area contributed by atoms with Crippen molar-refractivity contribution in [1.29, 1.82) is 0 Å². The summed E-state index contributed by atoms with van der Waals surface area (Å²) >= 11 is 0. The molecular weight excluding hydrogens is 252 g/mol. The largest absolute Gasteiger partial charge is 0.484 e. The highest BCUT2D eigenvalue weighted by atomic mass is 16.5. The van der Waals surface area contributed by atoms with E-state index < -0.39 is 0 Å². The Morgan fingerprint density at radius 2 is 2.15 bits per heavy atom. The van der Waals surface area contributed by atoms with E-state index in [2.05, 4.69) is 5.32 Å². The van der Waals surface area contributed by atoms with Crippen LogP contribution in [0.3, 0.4) is 0 Å². The van der Waals surface area contributed by atoms with Crippen molar-refractivity contribution < 1.29 is 9.53 Å². The van der Waals surface area contributed by atoms with Gasteiger partial charge < -0.3 is 15.8 Å². The first-order chi connectivity index (χ1) is 9.65. The Morgan fingerprint density at radius 1 is 1.40 bits per heavy atom. The zero-order chi connectivity index (χ0) is 14.4. The minimum atomic E-state index is -0.0388. The van der Waals surface area contributed by atoms with Gasteiger partial charge in [-0.1, -0.05) is 31.4 Å². The second kappa shape index (κ2) is 7.29. The maximum Gasteiger partial charge on any atom is 0.258 e. The van der Waals surface area contributed by atoms with Gasteiger partial charge in [0.2, 0.25) is 0 Å². The van der Waals surface area contributed by atoms with Gasteiger partial charge in [0.15, 0.2) is 6.61 Å². The molecule has 1 aliphatic rings. The van der Waals surface area contributed by atoms with Crippen molar-refractivity contribution in [3.05, 3.63) is 29.8 Å². The summed E-state index contributed by atoms with van der Waals surface area (Å²) in [5.41, 5.74) is 6.84. The molecule has 1 aliphatic carbocycles. The fourth-order valence-corrected chi connectivity index (χ4v) is 2.55. The van der Waals surface area contributed by atoms with Crippen molar-refractivity contribution in [2.24, 2.45) is 5.73 Å². The Labute approximate surface area is 120 Å². The van der Waals surface area contributed by atoms with Gasteiger partial charge >= 0.3 is 0 Å². The Kier molecular flexibility index (Phi) is 5.41. The van der Waals surface area contributed by atoms with Gasteiger partial charge in [-0.15, -0.1) is 0 Å². The normalized spacial score (nSPS) is 17.5. The van der Waals surface area contributed by atoms with Gasteiger partial charge in [-0.2, -0.15) is 0 Å². The van der Waals surface area contributed by atoms with Gasteiger partial charge in [-0.05, 0) is 37.5 Å². The fourth-order valence-electron chi connectivity index (χ4n) is 2.55. The van der Waals surface area contributed by atoms with Crippen LogP contribution in [0.5, 0.6) is 5.75 Å². The van der Waals surface area contributed by atoms with Gasteiger partial charge in [-0.25, -0.2) is 0 Å². The van der Waals surface area contributed by atoms with E-state index in [9.17, 15) is 4.79 Å². The van der Waals surface area contributed by atoms with Crippen LogP contribution < -0.4 is 15.8 Å². The molecule has 0 aromatic heterocycles. The molecule has 1 atom stereocenters. The summed E-state index contributed by atoms with van der Waals surface area (Å²) in [5, 5.41) is 3.04. The molecule has 1 amide bonds. The number of nitrogens with one attached hydrogen (secondary N) is 1. The number of hydrogen-bond donors (Lipinski definition) is 2. The van der Waals surface area contributed by atoms with Crippen molar-refractivity contribution in [2.45, 2.75) is 51.1 Å². The fraction of sp³-hybridized carbons (Fsp3) is 0.562. The van der Waals surface area contributed by atoms with E-state index in [0.29, 0.717) is 11.8 Å². The van der Waals surface area contributed by atoms with Crippen LogP contribution in [0.1, 0.15) is 50.6 Å². The van der Waals surface area contributed by atoms with E-state index in [-0.39, 0.29) is 18.6 Å². The topological polar surface area (TPSA) is 64.3 Å². The minimum Gasteiger partial charge on any atom is -0.484 e. The van der Waals surface area contributed by atoms with Gasteiger partial charge in [0.25, 0.3) is 5.91 Å². The molecule has 4 heteroatoms.